The maximum Gasteiger partial charge on any atom is 0.238 e. The van der Waals surface area contributed by atoms with E-state index in [1.165, 1.54) is 32.1 Å². The van der Waals surface area contributed by atoms with E-state index in [9.17, 15) is 4.79 Å². The molecule has 1 saturated heterocycles. The van der Waals surface area contributed by atoms with E-state index in [0.717, 1.165) is 55.9 Å². The van der Waals surface area contributed by atoms with Crippen molar-refractivity contribution in [3.8, 4) is 0 Å². The van der Waals surface area contributed by atoms with Crippen LogP contribution in [0.5, 0.6) is 0 Å². The van der Waals surface area contributed by atoms with Gasteiger partial charge in [0, 0.05) is 37.9 Å². The van der Waals surface area contributed by atoms with Gasteiger partial charge in [0.1, 0.15) is 0 Å². The molecule has 4 saturated carbocycles. The monoisotopic (exact) mass is 421 g/mol. The lowest BCUT2D eigenvalue weighted by Crippen LogP contribution is -2.60. The van der Waals surface area contributed by atoms with Crippen molar-refractivity contribution in [3.05, 3.63) is 28.2 Å². The Balaban J connectivity index is 1.12. The van der Waals surface area contributed by atoms with E-state index >= 15 is 0 Å². The van der Waals surface area contributed by atoms with Gasteiger partial charge >= 0.3 is 0 Å². The Hall–Kier alpha value is -0.810. The Morgan fingerprint density at radius 1 is 0.929 bits per heavy atom. The Kier molecular flexibility index (Phi) is 5.33. The summed E-state index contributed by atoms with van der Waals surface area (Å²) in [5, 5.41) is 3.90. The number of amides is 1. The Morgan fingerprint density at radius 2 is 1.57 bits per heavy atom. The zero-order valence-corrected chi connectivity index (χ0v) is 17.8. The molecular formula is C22H29Cl2N3O. The van der Waals surface area contributed by atoms with Gasteiger partial charge in [-0.1, -0.05) is 23.2 Å². The van der Waals surface area contributed by atoms with E-state index in [0.29, 0.717) is 22.3 Å². The lowest BCUT2D eigenvalue weighted by Gasteiger charge is -2.58. The van der Waals surface area contributed by atoms with E-state index in [2.05, 4.69) is 15.1 Å². The van der Waals surface area contributed by atoms with Crippen LogP contribution >= 0.6 is 23.2 Å². The molecule has 6 heteroatoms. The summed E-state index contributed by atoms with van der Waals surface area (Å²) in [5.74, 6) is 3.97. The Labute approximate surface area is 177 Å². The molecule has 4 nitrogen and oxygen atoms in total. The number of piperazine rings is 1. The van der Waals surface area contributed by atoms with E-state index in [4.69, 9.17) is 23.2 Å². The van der Waals surface area contributed by atoms with Crippen LogP contribution in [-0.2, 0) is 4.79 Å². The van der Waals surface area contributed by atoms with Crippen LogP contribution in [0.4, 0.5) is 5.69 Å². The normalized spacial score (nSPS) is 35.3. The summed E-state index contributed by atoms with van der Waals surface area (Å²) >= 11 is 12.0. The fourth-order valence-electron chi connectivity index (χ4n) is 6.69. The van der Waals surface area contributed by atoms with Crippen molar-refractivity contribution >= 4 is 34.8 Å². The van der Waals surface area contributed by atoms with Gasteiger partial charge in [0.05, 0.1) is 16.6 Å². The molecule has 4 aliphatic carbocycles. The summed E-state index contributed by atoms with van der Waals surface area (Å²) in [6.45, 7) is 4.62. The van der Waals surface area contributed by atoms with Crippen LogP contribution in [0.25, 0.3) is 0 Å². The van der Waals surface area contributed by atoms with Crippen molar-refractivity contribution in [3.63, 3.8) is 0 Å². The Bertz CT molecular complexity index is 719. The van der Waals surface area contributed by atoms with Gasteiger partial charge in [0.2, 0.25) is 5.91 Å². The summed E-state index contributed by atoms with van der Waals surface area (Å²) < 4.78 is 0. The van der Waals surface area contributed by atoms with Gasteiger partial charge < -0.3 is 5.32 Å². The summed E-state index contributed by atoms with van der Waals surface area (Å²) in [6, 6.07) is 6.02. The van der Waals surface area contributed by atoms with Gasteiger partial charge in [0.15, 0.2) is 0 Å². The summed E-state index contributed by atoms with van der Waals surface area (Å²) in [5.41, 5.74) is 0.701. The molecule has 0 spiro atoms. The largest absolute Gasteiger partial charge is 0.325 e. The molecule has 1 heterocycles. The highest BCUT2D eigenvalue weighted by atomic mass is 35.5. The fraction of sp³-hybridized carbons (Fsp3) is 0.682. The molecule has 1 aromatic rings. The van der Waals surface area contributed by atoms with Crippen LogP contribution in [0, 0.1) is 23.7 Å². The molecule has 0 aromatic heterocycles. The van der Waals surface area contributed by atoms with Crippen LogP contribution in [0.1, 0.15) is 32.1 Å². The number of hydrogen-bond donors (Lipinski definition) is 1. The van der Waals surface area contributed by atoms with Gasteiger partial charge in [-0.3, -0.25) is 14.6 Å². The van der Waals surface area contributed by atoms with Gasteiger partial charge in [-0.15, -0.1) is 0 Å². The lowest BCUT2D eigenvalue weighted by atomic mass is 9.54. The van der Waals surface area contributed by atoms with Gasteiger partial charge in [-0.2, -0.15) is 0 Å². The second kappa shape index (κ2) is 7.79. The van der Waals surface area contributed by atoms with Crippen LogP contribution in [-0.4, -0.2) is 54.5 Å². The first-order valence-corrected chi connectivity index (χ1v) is 11.5. The van der Waals surface area contributed by atoms with E-state index in [1.54, 1.807) is 18.2 Å². The minimum atomic E-state index is 0.0152. The maximum absolute atomic E-state index is 12.4. The van der Waals surface area contributed by atoms with Crippen LogP contribution < -0.4 is 5.32 Å². The number of halogens is 2. The zero-order valence-electron chi connectivity index (χ0n) is 16.2. The number of nitrogens with one attached hydrogen (secondary N) is 1. The molecule has 28 heavy (non-hydrogen) atoms. The average molecular weight is 422 g/mol. The van der Waals surface area contributed by atoms with Crippen molar-refractivity contribution in [1.29, 1.82) is 0 Å². The molecule has 152 valence electrons. The van der Waals surface area contributed by atoms with E-state index in [1.807, 2.05) is 0 Å². The number of rotatable bonds is 4. The first kappa shape index (κ1) is 19.2. The molecule has 5 fully saturated rings. The molecule has 1 aliphatic heterocycles. The summed E-state index contributed by atoms with van der Waals surface area (Å²) in [7, 11) is 0. The van der Waals surface area contributed by atoms with Crippen LogP contribution in [0.15, 0.2) is 18.2 Å². The van der Waals surface area contributed by atoms with Gasteiger partial charge in [-0.25, -0.2) is 0 Å². The van der Waals surface area contributed by atoms with E-state index in [-0.39, 0.29) is 5.91 Å². The highest BCUT2D eigenvalue weighted by molar-refractivity contribution is 6.42. The summed E-state index contributed by atoms with van der Waals surface area (Å²) in [6.07, 6.45) is 7.42. The number of hydrogen-bond acceptors (Lipinski definition) is 3. The highest BCUT2D eigenvalue weighted by Crippen LogP contribution is 2.55. The predicted octanol–water partition coefficient (Wildman–Crippen LogP) is 4.37. The maximum atomic E-state index is 12.4. The second-order valence-corrected chi connectivity index (χ2v) is 10.2. The third-order valence-corrected chi connectivity index (χ3v) is 8.32. The standard InChI is InChI=1S/C22H29Cl2N3O/c23-19-2-1-18(12-20(19)24)25-21(28)13-26-3-5-27(6-4-26)22-16-8-14-7-15(10-16)11-17(22)9-14/h1-2,12,14-17,22H,3-11,13H2,(H,25,28). The number of nitrogens with zero attached hydrogens (tertiary/aromatic N) is 2. The third-order valence-electron chi connectivity index (χ3n) is 7.58. The van der Waals surface area contributed by atoms with Crippen molar-refractivity contribution in [2.75, 3.05) is 38.0 Å². The SMILES string of the molecule is O=C(CN1CCN(C2C3CC4CC(C3)CC2C4)CC1)Nc1ccc(Cl)c(Cl)c1. The molecule has 0 atom stereocenters. The molecule has 1 amide bonds. The van der Waals surface area contributed by atoms with Crippen molar-refractivity contribution < 1.29 is 4.79 Å². The van der Waals surface area contributed by atoms with Crippen LogP contribution in [0.2, 0.25) is 10.0 Å². The number of anilines is 1. The smallest absolute Gasteiger partial charge is 0.238 e. The second-order valence-electron chi connectivity index (χ2n) is 9.41. The molecule has 4 bridgehead atoms. The molecule has 5 aliphatic rings. The third kappa shape index (κ3) is 3.81. The number of benzene rings is 1. The fourth-order valence-corrected chi connectivity index (χ4v) is 6.99. The van der Waals surface area contributed by atoms with Crippen molar-refractivity contribution in [2.24, 2.45) is 23.7 Å². The molecule has 0 unspecified atom stereocenters. The molecule has 6 rings (SSSR count). The predicted molar refractivity (Wildman–Crippen MR) is 114 cm³/mol. The zero-order chi connectivity index (χ0) is 19.3. The van der Waals surface area contributed by atoms with Crippen LogP contribution in [0.3, 0.4) is 0 Å². The van der Waals surface area contributed by atoms with Gasteiger partial charge in [-0.05, 0) is 74.0 Å². The lowest BCUT2D eigenvalue weighted by molar-refractivity contribution is -0.118. The minimum Gasteiger partial charge on any atom is -0.325 e. The Morgan fingerprint density at radius 3 is 2.18 bits per heavy atom. The molecule has 1 N–H and O–H groups in total. The van der Waals surface area contributed by atoms with Crippen molar-refractivity contribution in [1.82, 2.24) is 9.80 Å². The minimum absolute atomic E-state index is 0.0152. The first-order valence-electron chi connectivity index (χ1n) is 10.8. The summed E-state index contributed by atoms with van der Waals surface area (Å²) in [4.78, 5) is 17.5. The highest BCUT2D eigenvalue weighted by Gasteiger charge is 2.50. The molecule has 0 radical (unpaired) electrons. The number of carbonyl (C=O) groups is 1. The average Bonchev–Trinajstić information content (AvgIpc) is 2.65. The first-order chi connectivity index (χ1) is 13.5. The van der Waals surface area contributed by atoms with E-state index < -0.39 is 0 Å². The van der Waals surface area contributed by atoms with Gasteiger partial charge in [0.25, 0.3) is 0 Å². The number of carbonyl (C=O) groups excluding carboxylic acids is 1. The van der Waals surface area contributed by atoms with Crippen molar-refractivity contribution in [2.45, 2.75) is 38.1 Å². The topological polar surface area (TPSA) is 35.6 Å². The molecule has 1 aromatic carbocycles. The quantitative estimate of drug-likeness (QED) is 0.783. The molecular weight excluding hydrogens is 393 g/mol.